The maximum Gasteiger partial charge on any atom is 0.328 e. The van der Waals surface area contributed by atoms with E-state index in [1.807, 2.05) is 18.2 Å². The number of hydrogen-bond acceptors (Lipinski definition) is 6. The zero-order chi connectivity index (χ0) is 23.3. The fourth-order valence-electron chi connectivity index (χ4n) is 3.27. The van der Waals surface area contributed by atoms with Gasteiger partial charge in [-0.1, -0.05) is 12.1 Å². The van der Waals surface area contributed by atoms with Crippen molar-refractivity contribution in [2.24, 2.45) is 7.05 Å². The Morgan fingerprint density at radius 1 is 1.03 bits per heavy atom. The second kappa shape index (κ2) is 9.82. The number of imidazole rings is 1. The van der Waals surface area contributed by atoms with Gasteiger partial charge in [0, 0.05) is 26.2 Å². The van der Waals surface area contributed by atoms with Crippen LogP contribution in [0.2, 0.25) is 0 Å². The first-order valence-electron chi connectivity index (χ1n) is 9.85. The molecule has 168 valence electrons. The van der Waals surface area contributed by atoms with Gasteiger partial charge in [0.2, 0.25) is 5.91 Å². The minimum absolute atomic E-state index is 0.0669. The van der Waals surface area contributed by atoms with Crippen molar-refractivity contribution in [3.8, 4) is 5.75 Å². The molecule has 0 saturated heterocycles. The Bertz CT molecular complexity index is 1230. The van der Waals surface area contributed by atoms with Gasteiger partial charge in [-0.2, -0.15) is 0 Å². The van der Waals surface area contributed by atoms with E-state index in [4.69, 9.17) is 9.47 Å². The van der Waals surface area contributed by atoms with Gasteiger partial charge in [-0.25, -0.2) is 4.79 Å². The predicted octanol–water partition coefficient (Wildman–Crippen LogP) is 1.88. The molecule has 10 heteroatoms. The van der Waals surface area contributed by atoms with Crippen LogP contribution in [0.15, 0.2) is 47.3 Å². The van der Waals surface area contributed by atoms with Gasteiger partial charge in [0.05, 0.1) is 30.3 Å². The van der Waals surface area contributed by atoms with E-state index in [1.54, 1.807) is 25.2 Å². The average Bonchev–Trinajstić information content (AvgIpc) is 3.00. The van der Waals surface area contributed by atoms with Crippen molar-refractivity contribution in [3.05, 3.63) is 52.9 Å². The first-order chi connectivity index (χ1) is 15.3. The molecule has 0 aliphatic heterocycles. The molecule has 1 aromatic heterocycles. The van der Waals surface area contributed by atoms with Gasteiger partial charge < -0.3 is 20.1 Å². The number of rotatable bonds is 8. The second-order valence-corrected chi connectivity index (χ2v) is 7.04. The number of fused-ring (bicyclic) bond motifs is 1. The molecule has 0 aliphatic carbocycles. The Morgan fingerprint density at radius 2 is 1.75 bits per heavy atom. The third kappa shape index (κ3) is 5.15. The maximum absolute atomic E-state index is 12.4. The zero-order valence-electron chi connectivity index (χ0n) is 18.0. The van der Waals surface area contributed by atoms with Gasteiger partial charge >= 0.3 is 11.7 Å². The van der Waals surface area contributed by atoms with Gasteiger partial charge in [-0.05, 0) is 30.3 Å². The van der Waals surface area contributed by atoms with Crippen molar-refractivity contribution in [1.29, 1.82) is 0 Å². The summed E-state index contributed by atoms with van der Waals surface area (Å²) < 4.78 is 13.2. The van der Waals surface area contributed by atoms with E-state index in [2.05, 4.69) is 10.6 Å². The topological polar surface area (TPSA) is 121 Å². The van der Waals surface area contributed by atoms with Crippen molar-refractivity contribution in [2.45, 2.75) is 19.9 Å². The van der Waals surface area contributed by atoms with E-state index >= 15 is 0 Å². The third-order valence-electron chi connectivity index (χ3n) is 4.75. The van der Waals surface area contributed by atoms with Crippen LogP contribution in [0.25, 0.3) is 11.0 Å². The molecule has 1 heterocycles. The van der Waals surface area contributed by atoms with Crippen molar-refractivity contribution in [1.82, 2.24) is 9.13 Å². The van der Waals surface area contributed by atoms with Crippen LogP contribution < -0.4 is 21.1 Å². The van der Waals surface area contributed by atoms with Gasteiger partial charge in [0.25, 0.3) is 5.91 Å². The molecule has 0 aliphatic rings. The summed E-state index contributed by atoms with van der Waals surface area (Å²) in [6, 6.07) is 12.0. The molecule has 0 bridgehead atoms. The van der Waals surface area contributed by atoms with Gasteiger partial charge in [-0.3, -0.25) is 23.5 Å². The summed E-state index contributed by atoms with van der Waals surface area (Å²) in [6.07, 6.45) is -0.0669. The van der Waals surface area contributed by atoms with E-state index in [1.165, 1.54) is 29.2 Å². The van der Waals surface area contributed by atoms with Crippen molar-refractivity contribution in [2.75, 3.05) is 24.4 Å². The first kappa shape index (κ1) is 22.6. The molecule has 0 spiro atoms. The smallest absolute Gasteiger partial charge is 0.328 e. The molecule has 3 rings (SSSR count). The number of para-hydroxylation sites is 2. The quantitative estimate of drug-likeness (QED) is 0.516. The van der Waals surface area contributed by atoms with Crippen LogP contribution in [-0.2, 0) is 32.7 Å². The molecular formula is C22H24N4O6. The third-order valence-corrected chi connectivity index (χ3v) is 4.75. The fraction of sp³-hybridized carbons (Fsp3) is 0.273. The summed E-state index contributed by atoms with van der Waals surface area (Å²) >= 11 is 0. The lowest BCUT2D eigenvalue weighted by molar-refractivity contribution is -0.147. The number of nitrogens with one attached hydrogen (secondary N) is 2. The highest BCUT2D eigenvalue weighted by atomic mass is 16.5. The lowest BCUT2D eigenvalue weighted by Gasteiger charge is -2.12. The van der Waals surface area contributed by atoms with E-state index in [9.17, 15) is 19.2 Å². The lowest BCUT2D eigenvalue weighted by Crippen LogP contribution is -2.25. The van der Waals surface area contributed by atoms with Crippen LogP contribution in [0, 0.1) is 0 Å². The molecule has 32 heavy (non-hydrogen) atoms. The SMILES string of the molecule is COc1ccc(NC(C)=O)cc1NC(=O)COC(=O)CCn1c(=O)n(C)c2ccccc21. The fourth-order valence-corrected chi connectivity index (χ4v) is 3.27. The van der Waals surface area contributed by atoms with Crippen molar-refractivity contribution in [3.63, 3.8) is 0 Å². The molecule has 0 fully saturated rings. The summed E-state index contributed by atoms with van der Waals surface area (Å²) in [6.45, 7) is 0.998. The van der Waals surface area contributed by atoms with Crippen LogP contribution in [-0.4, -0.2) is 40.6 Å². The summed E-state index contributed by atoms with van der Waals surface area (Å²) in [7, 11) is 3.11. The number of nitrogens with zero attached hydrogens (tertiary/aromatic N) is 2. The lowest BCUT2D eigenvalue weighted by atomic mass is 10.2. The number of ether oxygens (including phenoxy) is 2. The van der Waals surface area contributed by atoms with Crippen molar-refractivity contribution < 1.29 is 23.9 Å². The number of anilines is 2. The van der Waals surface area contributed by atoms with Crippen molar-refractivity contribution >= 4 is 40.2 Å². The number of methoxy groups -OCH3 is 1. The standard InChI is InChI=1S/C22H24N4O6/c1-14(27)23-15-8-9-19(31-3)16(12-15)24-20(28)13-32-21(29)10-11-26-18-7-5-4-6-17(18)25(2)22(26)30/h4-9,12H,10-11,13H2,1-3H3,(H,23,27)(H,24,28). The normalized spacial score (nSPS) is 10.6. The summed E-state index contributed by atoms with van der Waals surface area (Å²) in [4.78, 5) is 48.0. The predicted molar refractivity (Wildman–Crippen MR) is 119 cm³/mol. The maximum atomic E-state index is 12.4. The molecule has 2 N–H and O–H groups in total. The molecule has 3 aromatic rings. The highest BCUT2D eigenvalue weighted by Crippen LogP contribution is 2.27. The van der Waals surface area contributed by atoms with Gasteiger partial charge in [0.1, 0.15) is 5.75 Å². The summed E-state index contributed by atoms with van der Waals surface area (Å²) in [5.74, 6) is -1.06. The summed E-state index contributed by atoms with van der Waals surface area (Å²) in [5, 5.41) is 5.20. The Hall–Kier alpha value is -4.08. The van der Waals surface area contributed by atoms with Crippen LogP contribution >= 0.6 is 0 Å². The van der Waals surface area contributed by atoms with E-state index in [-0.39, 0.29) is 24.6 Å². The van der Waals surface area contributed by atoms with Gasteiger partial charge in [0.15, 0.2) is 6.61 Å². The Kier molecular flexibility index (Phi) is 6.93. The van der Waals surface area contributed by atoms with E-state index < -0.39 is 18.5 Å². The molecular weight excluding hydrogens is 416 g/mol. The monoisotopic (exact) mass is 440 g/mol. The summed E-state index contributed by atoms with van der Waals surface area (Å²) in [5.41, 5.74) is 2.05. The molecule has 2 aromatic carbocycles. The molecule has 0 unspecified atom stereocenters. The highest BCUT2D eigenvalue weighted by molar-refractivity contribution is 5.96. The minimum atomic E-state index is -0.612. The number of aromatic nitrogens is 2. The van der Waals surface area contributed by atoms with E-state index in [0.29, 0.717) is 17.1 Å². The van der Waals surface area contributed by atoms with Crippen LogP contribution in [0.1, 0.15) is 13.3 Å². The first-order valence-corrected chi connectivity index (χ1v) is 9.85. The van der Waals surface area contributed by atoms with Crippen LogP contribution in [0.4, 0.5) is 11.4 Å². The Labute approximate surface area is 183 Å². The number of carbonyl (C=O) groups excluding carboxylic acids is 3. The number of aryl methyl sites for hydroxylation is 2. The molecule has 10 nitrogen and oxygen atoms in total. The number of esters is 1. The second-order valence-electron chi connectivity index (χ2n) is 7.04. The van der Waals surface area contributed by atoms with Crippen LogP contribution in [0.3, 0.4) is 0 Å². The molecule has 2 amide bonds. The zero-order valence-corrected chi connectivity index (χ0v) is 18.0. The molecule has 0 atom stereocenters. The number of benzene rings is 2. The highest BCUT2D eigenvalue weighted by Gasteiger charge is 2.14. The number of amides is 2. The number of hydrogen-bond donors (Lipinski definition) is 2. The molecule has 0 radical (unpaired) electrons. The number of carbonyl (C=O) groups is 3. The Balaban J connectivity index is 1.57. The van der Waals surface area contributed by atoms with E-state index in [0.717, 1.165) is 11.0 Å². The van der Waals surface area contributed by atoms with Crippen LogP contribution in [0.5, 0.6) is 5.75 Å². The molecule has 0 saturated carbocycles. The minimum Gasteiger partial charge on any atom is -0.495 e. The Morgan fingerprint density at radius 3 is 2.44 bits per heavy atom. The average molecular weight is 440 g/mol. The largest absolute Gasteiger partial charge is 0.495 e. The van der Waals surface area contributed by atoms with Gasteiger partial charge in [-0.15, -0.1) is 0 Å².